The van der Waals surface area contributed by atoms with Crippen molar-refractivity contribution in [2.45, 2.75) is 13.0 Å². The van der Waals surface area contributed by atoms with Gasteiger partial charge in [-0.15, -0.1) is 0 Å². The summed E-state index contributed by atoms with van der Waals surface area (Å²) in [4.78, 5) is 25.4. The van der Waals surface area contributed by atoms with Crippen LogP contribution < -0.4 is 16.4 Å². The molecule has 0 aliphatic carbocycles. The fraction of sp³-hybridized carbons (Fsp3) is 0.429. The highest BCUT2D eigenvalue weighted by Crippen LogP contribution is 2.20. The number of nitrogens with one attached hydrogen (secondary N) is 2. The van der Waals surface area contributed by atoms with Gasteiger partial charge in [-0.1, -0.05) is 15.9 Å². The van der Waals surface area contributed by atoms with Gasteiger partial charge in [0.15, 0.2) is 0 Å². The van der Waals surface area contributed by atoms with Gasteiger partial charge in [0.2, 0.25) is 11.8 Å². The zero-order valence-corrected chi connectivity index (χ0v) is 13.4. The Hall–Kier alpha value is -1.44. The van der Waals surface area contributed by atoms with Crippen LogP contribution in [0.25, 0.3) is 0 Å². The Bertz CT molecular complexity index is 550. The van der Waals surface area contributed by atoms with Crippen LogP contribution in [0.2, 0.25) is 0 Å². The van der Waals surface area contributed by atoms with Crippen molar-refractivity contribution in [1.29, 1.82) is 0 Å². The summed E-state index contributed by atoms with van der Waals surface area (Å²) < 4.78 is 0.967. The monoisotopic (exact) mass is 354 g/mol. The number of nitrogens with zero attached hydrogens (tertiary/aromatic N) is 1. The lowest BCUT2D eigenvalue weighted by molar-refractivity contribution is -0.125. The molecule has 7 heteroatoms. The third-order valence-corrected chi connectivity index (χ3v) is 3.99. The summed E-state index contributed by atoms with van der Waals surface area (Å²) in [7, 11) is 0. The summed E-state index contributed by atoms with van der Waals surface area (Å²) >= 11 is 3.39. The summed E-state index contributed by atoms with van der Waals surface area (Å²) in [6.45, 7) is 3.94. The number of aryl methyl sites for hydroxylation is 1. The Labute approximate surface area is 132 Å². The number of rotatable bonds is 4. The fourth-order valence-corrected chi connectivity index (χ4v) is 2.83. The molecule has 0 saturated carbocycles. The molecule has 0 spiro atoms. The Morgan fingerprint density at radius 1 is 1.52 bits per heavy atom. The van der Waals surface area contributed by atoms with Gasteiger partial charge in [0, 0.05) is 29.8 Å². The van der Waals surface area contributed by atoms with E-state index in [0.29, 0.717) is 13.1 Å². The minimum atomic E-state index is -0.435. The van der Waals surface area contributed by atoms with Crippen LogP contribution in [0.15, 0.2) is 22.7 Å². The smallest absolute Gasteiger partial charge is 0.238 e. The lowest BCUT2D eigenvalue weighted by Gasteiger charge is -2.33. The van der Waals surface area contributed by atoms with Crippen LogP contribution in [0.3, 0.4) is 0 Å². The molecule has 114 valence electrons. The molecule has 1 atom stereocenters. The number of anilines is 1. The van der Waals surface area contributed by atoms with Gasteiger partial charge in [0.25, 0.3) is 0 Å². The molecule has 4 N–H and O–H groups in total. The molecule has 6 nitrogen and oxygen atoms in total. The van der Waals surface area contributed by atoms with E-state index in [1.54, 1.807) is 0 Å². The van der Waals surface area contributed by atoms with Crippen molar-refractivity contribution in [2.24, 2.45) is 5.73 Å². The predicted molar refractivity (Wildman–Crippen MR) is 84.9 cm³/mol. The molecule has 2 amide bonds. The van der Waals surface area contributed by atoms with Gasteiger partial charge in [-0.05, 0) is 30.7 Å². The van der Waals surface area contributed by atoms with E-state index in [9.17, 15) is 9.59 Å². The summed E-state index contributed by atoms with van der Waals surface area (Å²) in [6, 6.07) is 5.22. The Balaban J connectivity index is 1.98. The van der Waals surface area contributed by atoms with Crippen molar-refractivity contribution < 1.29 is 9.59 Å². The normalized spacial score (nSPS) is 19.2. The van der Waals surface area contributed by atoms with Crippen molar-refractivity contribution in [1.82, 2.24) is 10.2 Å². The van der Waals surface area contributed by atoms with E-state index in [0.717, 1.165) is 22.3 Å². The second-order valence-corrected chi connectivity index (χ2v) is 6.02. The second kappa shape index (κ2) is 7.02. The molecule has 1 unspecified atom stereocenters. The van der Waals surface area contributed by atoms with Crippen LogP contribution in [0.1, 0.15) is 5.56 Å². The van der Waals surface area contributed by atoms with Crippen LogP contribution in [-0.4, -0.2) is 48.9 Å². The zero-order valence-electron chi connectivity index (χ0n) is 11.9. The van der Waals surface area contributed by atoms with E-state index in [4.69, 9.17) is 5.73 Å². The van der Waals surface area contributed by atoms with E-state index in [1.807, 2.05) is 30.0 Å². The van der Waals surface area contributed by atoms with Gasteiger partial charge in [0.05, 0.1) is 6.54 Å². The molecule has 1 aliphatic rings. The number of amides is 2. The zero-order chi connectivity index (χ0) is 15.4. The van der Waals surface area contributed by atoms with Crippen molar-refractivity contribution in [3.8, 4) is 0 Å². The van der Waals surface area contributed by atoms with Gasteiger partial charge >= 0.3 is 0 Å². The highest BCUT2D eigenvalue weighted by molar-refractivity contribution is 9.10. The summed E-state index contributed by atoms with van der Waals surface area (Å²) in [5.41, 5.74) is 7.12. The molecule has 21 heavy (non-hydrogen) atoms. The quantitative estimate of drug-likeness (QED) is 0.732. The highest BCUT2D eigenvalue weighted by atomic mass is 79.9. The summed E-state index contributed by atoms with van der Waals surface area (Å²) in [5.74, 6) is -0.552. The maximum Gasteiger partial charge on any atom is 0.238 e. The third kappa shape index (κ3) is 4.26. The SMILES string of the molecule is Cc1cc(Br)ccc1NC(=O)CN1CCNCC1C(N)=O. The number of nitrogens with two attached hydrogens (primary N) is 1. The average molecular weight is 355 g/mol. The number of piperazine rings is 1. The molecule has 1 heterocycles. The number of hydrogen-bond donors (Lipinski definition) is 3. The van der Waals surface area contributed by atoms with E-state index in [1.165, 1.54) is 0 Å². The first-order valence-electron chi connectivity index (χ1n) is 6.77. The Morgan fingerprint density at radius 3 is 2.95 bits per heavy atom. The molecule has 1 fully saturated rings. The van der Waals surface area contributed by atoms with Gasteiger partial charge in [-0.2, -0.15) is 0 Å². The number of carbonyl (C=O) groups is 2. The number of primary amides is 1. The third-order valence-electron chi connectivity index (χ3n) is 3.49. The average Bonchev–Trinajstić information content (AvgIpc) is 2.42. The maximum atomic E-state index is 12.1. The minimum absolute atomic E-state index is 0.145. The van der Waals surface area contributed by atoms with Crippen LogP contribution in [0.4, 0.5) is 5.69 Å². The molecule has 0 bridgehead atoms. The highest BCUT2D eigenvalue weighted by Gasteiger charge is 2.28. The van der Waals surface area contributed by atoms with Crippen LogP contribution in [0.5, 0.6) is 0 Å². The number of halogens is 1. The molecular formula is C14H19BrN4O2. The lowest BCUT2D eigenvalue weighted by Crippen LogP contribution is -2.58. The van der Waals surface area contributed by atoms with E-state index in [2.05, 4.69) is 26.6 Å². The first-order chi connectivity index (χ1) is 9.97. The Morgan fingerprint density at radius 2 is 2.29 bits per heavy atom. The minimum Gasteiger partial charge on any atom is -0.368 e. The van der Waals surface area contributed by atoms with Crippen molar-refractivity contribution in [3.05, 3.63) is 28.2 Å². The predicted octanol–water partition coefficient (Wildman–Crippen LogP) is 0.455. The van der Waals surface area contributed by atoms with Crippen LogP contribution in [-0.2, 0) is 9.59 Å². The second-order valence-electron chi connectivity index (χ2n) is 5.10. The molecule has 1 saturated heterocycles. The first-order valence-corrected chi connectivity index (χ1v) is 7.57. The standard InChI is InChI=1S/C14H19BrN4O2/c1-9-6-10(15)2-3-11(9)18-13(20)8-19-5-4-17-7-12(19)14(16)21/h2-3,6,12,17H,4-5,7-8H2,1H3,(H2,16,21)(H,18,20). The summed E-state index contributed by atoms with van der Waals surface area (Å²) in [5, 5.41) is 5.98. The molecule has 1 aliphatic heterocycles. The number of hydrogen-bond acceptors (Lipinski definition) is 4. The topological polar surface area (TPSA) is 87.5 Å². The first kappa shape index (κ1) is 15.9. The largest absolute Gasteiger partial charge is 0.368 e. The number of benzene rings is 1. The maximum absolute atomic E-state index is 12.1. The van der Waals surface area contributed by atoms with Gasteiger partial charge < -0.3 is 16.4 Å². The molecule has 0 aromatic heterocycles. The fourth-order valence-electron chi connectivity index (χ4n) is 2.36. The van der Waals surface area contributed by atoms with E-state index < -0.39 is 11.9 Å². The van der Waals surface area contributed by atoms with Gasteiger partial charge in [0.1, 0.15) is 6.04 Å². The van der Waals surface area contributed by atoms with E-state index in [-0.39, 0.29) is 12.5 Å². The molecular weight excluding hydrogens is 336 g/mol. The molecule has 2 rings (SSSR count). The number of carbonyl (C=O) groups excluding carboxylic acids is 2. The van der Waals surface area contributed by atoms with Crippen molar-refractivity contribution in [2.75, 3.05) is 31.5 Å². The van der Waals surface area contributed by atoms with Crippen molar-refractivity contribution in [3.63, 3.8) is 0 Å². The van der Waals surface area contributed by atoms with E-state index >= 15 is 0 Å². The summed E-state index contributed by atoms with van der Waals surface area (Å²) in [6.07, 6.45) is 0. The van der Waals surface area contributed by atoms with Gasteiger partial charge in [-0.25, -0.2) is 0 Å². The van der Waals surface area contributed by atoms with Crippen molar-refractivity contribution >= 4 is 33.4 Å². The van der Waals surface area contributed by atoms with Crippen LogP contribution >= 0.6 is 15.9 Å². The lowest BCUT2D eigenvalue weighted by atomic mass is 10.1. The molecule has 1 aromatic rings. The molecule has 1 aromatic carbocycles. The Kier molecular flexibility index (Phi) is 5.33. The van der Waals surface area contributed by atoms with Gasteiger partial charge in [-0.3, -0.25) is 14.5 Å². The molecule has 0 radical (unpaired) electrons. The van der Waals surface area contributed by atoms with Crippen LogP contribution in [0, 0.1) is 6.92 Å².